The van der Waals surface area contributed by atoms with Crippen LogP contribution in [0.25, 0.3) is 32.8 Å². The van der Waals surface area contributed by atoms with Crippen LogP contribution >= 0.6 is 0 Å². The number of rotatable bonds is 2. The van der Waals surface area contributed by atoms with Gasteiger partial charge in [-0.3, -0.25) is 0 Å². The maximum Gasteiger partial charge on any atom is 0.181 e. The van der Waals surface area contributed by atoms with E-state index in [4.69, 9.17) is 9.51 Å². The lowest BCUT2D eigenvalue weighted by molar-refractivity contribution is 0.460. The lowest BCUT2D eigenvalue weighted by Crippen LogP contribution is -1.95. The van der Waals surface area contributed by atoms with Gasteiger partial charge in [-0.05, 0) is 24.3 Å². The number of fused-ring (bicyclic) bond motifs is 3. The van der Waals surface area contributed by atoms with Crippen LogP contribution in [0, 0.1) is 0 Å². The molecule has 5 aromatic rings. The van der Waals surface area contributed by atoms with Crippen LogP contribution in [0.4, 0.5) is 11.5 Å². The van der Waals surface area contributed by atoms with E-state index in [0.29, 0.717) is 5.82 Å². The van der Waals surface area contributed by atoms with Gasteiger partial charge in [-0.25, -0.2) is 4.98 Å². The number of nitrogens with one attached hydrogen (secondary N) is 1. The van der Waals surface area contributed by atoms with E-state index in [1.807, 2.05) is 60.7 Å². The molecule has 0 saturated carbocycles. The molecule has 0 radical (unpaired) electrons. The number of hydrogen-bond donors (Lipinski definition) is 1. The van der Waals surface area contributed by atoms with Crippen molar-refractivity contribution in [2.75, 3.05) is 5.32 Å². The van der Waals surface area contributed by atoms with Crippen LogP contribution in [0.1, 0.15) is 0 Å². The Labute approximate surface area is 137 Å². The maximum absolute atomic E-state index is 5.42. The molecule has 4 heteroatoms. The van der Waals surface area contributed by atoms with E-state index in [1.54, 1.807) is 0 Å². The molecule has 0 unspecified atom stereocenters. The van der Waals surface area contributed by atoms with Gasteiger partial charge in [-0.15, -0.1) is 0 Å². The van der Waals surface area contributed by atoms with Crippen LogP contribution in [0.15, 0.2) is 77.3 Å². The number of benzene rings is 3. The van der Waals surface area contributed by atoms with E-state index in [1.165, 1.54) is 0 Å². The molecule has 24 heavy (non-hydrogen) atoms. The second kappa shape index (κ2) is 5.06. The summed E-state index contributed by atoms with van der Waals surface area (Å²) in [5.41, 5.74) is 3.66. The molecule has 2 aromatic heterocycles. The number of aromatic nitrogens is 2. The van der Waals surface area contributed by atoms with E-state index < -0.39 is 0 Å². The first-order valence-corrected chi connectivity index (χ1v) is 7.79. The van der Waals surface area contributed by atoms with Gasteiger partial charge in [-0.1, -0.05) is 53.7 Å². The highest BCUT2D eigenvalue weighted by atomic mass is 16.5. The average Bonchev–Trinajstić information content (AvgIpc) is 3.05. The molecular weight excluding hydrogens is 298 g/mol. The summed E-state index contributed by atoms with van der Waals surface area (Å²) in [5.74, 6) is 0.715. The van der Waals surface area contributed by atoms with Crippen molar-refractivity contribution in [3.63, 3.8) is 0 Å². The van der Waals surface area contributed by atoms with Crippen LogP contribution < -0.4 is 5.32 Å². The summed E-state index contributed by atoms with van der Waals surface area (Å²) in [7, 11) is 0. The summed E-state index contributed by atoms with van der Waals surface area (Å²) >= 11 is 0. The quantitative estimate of drug-likeness (QED) is 0.451. The molecule has 1 N–H and O–H groups in total. The molecule has 0 fully saturated rings. The van der Waals surface area contributed by atoms with E-state index in [0.717, 1.165) is 38.5 Å². The third-order valence-corrected chi connectivity index (χ3v) is 4.21. The van der Waals surface area contributed by atoms with Gasteiger partial charge in [0.2, 0.25) is 0 Å². The molecule has 0 atom stereocenters. The minimum Gasteiger partial charge on any atom is -0.354 e. The van der Waals surface area contributed by atoms with Crippen molar-refractivity contribution in [2.24, 2.45) is 0 Å². The van der Waals surface area contributed by atoms with Gasteiger partial charge in [0.05, 0.1) is 22.1 Å². The lowest BCUT2D eigenvalue weighted by Gasteiger charge is -2.11. The predicted octanol–water partition coefficient (Wildman–Crippen LogP) is 5.27. The Morgan fingerprint density at radius 2 is 1.25 bits per heavy atom. The Morgan fingerprint density at radius 1 is 0.667 bits per heavy atom. The maximum atomic E-state index is 5.42. The Bertz CT molecular complexity index is 1140. The topological polar surface area (TPSA) is 51.0 Å². The van der Waals surface area contributed by atoms with Crippen molar-refractivity contribution in [1.29, 1.82) is 0 Å². The lowest BCUT2D eigenvalue weighted by atomic mass is 10.1. The van der Waals surface area contributed by atoms with Gasteiger partial charge < -0.3 is 9.84 Å². The highest BCUT2D eigenvalue weighted by Gasteiger charge is 2.13. The Balaban J connectivity index is 1.80. The van der Waals surface area contributed by atoms with Crippen LogP contribution in [-0.4, -0.2) is 10.1 Å². The number of para-hydroxylation sites is 3. The molecule has 0 bridgehead atoms. The van der Waals surface area contributed by atoms with Crippen molar-refractivity contribution >= 4 is 44.3 Å². The molecule has 2 heterocycles. The molecule has 4 nitrogen and oxygen atoms in total. The smallest absolute Gasteiger partial charge is 0.181 e. The average molecular weight is 311 g/mol. The molecular formula is C20H13N3O. The minimum absolute atomic E-state index is 0.715. The Morgan fingerprint density at radius 3 is 1.96 bits per heavy atom. The second-order valence-electron chi connectivity index (χ2n) is 5.67. The fourth-order valence-corrected chi connectivity index (χ4v) is 3.07. The molecule has 3 aromatic carbocycles. The predicted molar refractivity (Wildman–Crippen MR) is 96.5 cm³/mol. The van der Waals surface area contributed by atoms with Gasteiger partial charge in [0, 0.05) is 10.8 Å². The largest absolute Gasteiger partial charge is 0.354 e. The first-order valence-electron chi connectivity index (χ1n) is 7.79. The summed E-state index contributed by atoms with van der Waals surface area (Å²) in [6.07, 6.45) is 0. The third kappa shape index (κ3) is 1.93. The van der Waals surface area contributed by atoms with Gasteiger partial charge in [0.1, 0.15) is 0 Å². The molecule has 0 aliphatic rings. The Hall–Kier alpha value is -3.40. The number of pyridine rings is 1. The van der Waals surface area contributed by atoms with Gasteiger partial charge in [-0.2, -0.15) is 0 Å². The van der Waals surface area contributed by atoms with Crippen molar-refractivity contribution in [3.05, 3.63) is 72.8 Å². The molecule has 114 valence electrons. The number of nitrogens with zero attached hydrogens (tertiary/aromatic N) is 2. The fraction of sp³-hybridized carbons (Fsp3) is 0. The highest BCUT2D eigenvalue weighted by molar-refractivity contribution is 6.09. The van der Waals surface area contributed by atoms with Crippen molar-refractivity contribution in [1.82, 2.24) is 10.1 Å². The van der Waals surface area contributed by atoms with E-state index in [-0.39, 0.29) is 0 Å². The van der Waals surface area contributed by atoms with Crippen LogP contribution in [0.5, 0.6) is 0 Å². The van der Waals surface area contributed by atoms with Gasteiger partial charge in [0.15, 0.2) is 11.4 Å². The van der Waals surface area contributed by atoms with Crippen molar-refractivity contribution < 1.29 is 4.52 Å². The van der Waals surface area contributed by atoms with Crippen LogP contribution in [0.2, 0.25) is 0 Å². The SMILES string of the molecule is c1ccc2c(Nc3noc4ccccc34)c3ccccc3nc2c1. The fourth-order valence-electron chi connectivity index (χ4n) is 3.07. The first-order chi connectivity index (χ1) is 11.9. The highest BCUT2D eigenvalue weighted by Crippen LogP contribution is 2.34. The van der Waals surface area contributed by atoms with E-state index >= 15 is 0 Å². The molecule has 0 aliphatic heterocycles. The zero-order valence-electron chi connectivity index (χ0n) is 12.7. The van der Waals surface area contributed by atoms with Crippen LogP contribution in [0.3, 0.4) is 0 Å². The normalized spacial score (nSPS) is 11.3. The molecule has 0 saturated heterocycles. The first kappa shape index (κ1) is 13.1. The van der Waals surface area contributed by atoms with Gasteiger partial charge in [0.25, 0.3) is 0 Å². The summed E-state index contributed by atoms with van der Waals surface area (Å²) in [6.45, 7) is 0. The van der Waals surface area contributed by atoms with Gasteiger partial charge >= 0.3 is 0 Å². The number of anilines is 2. The third-order valence-electron chi connectivity index (χ3n) is 4.21. The van der Waals surface area contributed by atoms with E-state index in [9.17, 15) is 0 Å². The standard InChI is InChI=1S/C20H13N3O/c1-4-10-16-13(7-1)19(14-8-2-5-11-17(14)21-16)22-20-15-9-3-6-12-18(15)24-23-20/h1-12H,(H,21,22,23). The molecule has 5 rings (SSSR count). The summed E-state index contributed by atoms with van der Waals surface area (Å²) in [6, 6.07) is 24.0. The molecule has 0 spiro atoms. The zero-order valence-corrected chi connectivity index (χ0v) is 12.7. The molecule has 0 amide bonds. The molecule has 0 aliphatic carbocycles. The Kier molecular flexibility index (Phi) is 2.76. The zero-order chi connectivity index (χ0) is 15.9. The van der Waals surface area contributed by atoms with Crippen LogP contribution in [-0.2, 0) is 0 Å². The summed E-state index contributed by atoms with van der Waals surface area (Å²) in [5, 5.41) is 10.7. The number of hydrogen-bond acceptors (Lipinski definition) is 4. The van der Waals surface area contributed by atoms with Crippen molar-refractivity contribution in [2.45, 2.75) is 0 Å². The van der Waals surface area contributed by atoms with Crippen molar-refractivity contribution in [3.8, 4) is 0 Å². The monoisotopic (exact) mass is 311 g/mol. The summed E-state index contributed by atoms with van der Waals surface area (Å²) in [4.78, 5) is 4.75. The van der Waals surface area contributed by atoms with E-state index in [2.05, 4.69) is 22.6 Å². The minimum atomic E-state index is 0.715. The summed E-state index contributed by atoms with van der Waals surface area (Å²) < 4.78 is 5.42. The second-order valence-corrected chi connectivity index (χ2v) is 5.67.